The van der Waals surface area contributed by atoms with Crippen molar-refractivity contribution in [1.29, 1.82) is 0 Å². The quantitative estimate of drug-likeness (QED) is 0.0852. The molecule has 0 bridgehead atoms. The van der Waals surface area contributed by atoms with Gasteiger partial charge in [-0.05, 0) is 92.5 Å². The highest BCUT2D eigenvalue weighted by Crippen LogP contribution is 2.42. The standard InChI is InChI=1S/C46H56FN7O5/c1-29-31(23-36(47)38-24-41(59-4)32(26-49-38)25-48-27-33-15-16-42(55)50-33)11-9-12-34(29)35-13-10-14-37(30(35)2)52-44(56)43-51-39-28-54(22-17-40(39)53(43)3)21-8-7-20-46(45(57)58)18-5-6-19-46/h9-14,23-24,26,33,48H,5-8,15-22,25,27-28H2,1-4H3,(H,50,55)(H,52,56)(H,57,58)/b36-23-/t33-/m0/s1. The molecular formula is C46H56FN7O5. The smallest absolute Gasteiger partial charge is 0.309 e. The molecule has 0 unspecified atom stereocenters. The van der Waals surface area contributed by atoms with Crippen molar-refractivity contribution in [3.8, 4) is 16.9 Å². The van der Waals surface area contributed by atoms with Crippen LogP contribution in [0, 0.1) is 19.3 Å². The molecular weight excluding hydrogens is 750 g/mol. The Morgan fingerprint density at radius 1 is 1.08 bits per heavy atom. The first-order valence-electron chi connectivity index (χ1n) is 20.9. The topological polar surface area (TPSA) is 151 Å². The number of methoxy groups -OCH3 is 1. The Labute approximate surface area is 345 Å². The van der Waals surface area contributed by atoms with E-state index in [1.165, 1.54) is 6.08 Å². The van der Waals surface area contributed by atoms with Crippen molar-refractivity contribution in [3.63, 3.8) is 0 Å². The largest absolute Gasteiger partial charge is 0.496 e. The summed E-state index contributed by atoms with van der Waals surface area (Å²) in [5, 5.41) is 19.2. The van der Waals surface area contributed by atoms with Crippen molar-refractivity contribution in [2.75, 3.05) is 32.1 Å². The number of ether oxygens (including phenoxy) is 1. The van der Waals surface area contributed by atoms with Crippen LogP contribution in [0.15, 0.2) is 48.7 Å². The second-order valence-corrected chi connectivity index (χ2v) is 16.4. The maximum absolute atomic E-state index is 15.8. The number of unbranched alkanes of at least 4 members (excludes halogenated alkanes) is 1. The second-order valence-electron chi connectivity index (χ2n) is 16.4. The van der Waals surface area contributed by atoms with E-state index in [1.807, 2.05) is 61.9 Å². The Morgan fingerprint density at radius 3 is 2.58 bits per heavy atom. The van der Waals surface area contributed by atoms with Gasteiger partial charge in [-0.25, -0.2) is 9.37 Å². The third-order valence-corrected chi connectivity index (χ3v) is 12.7. The van der Waals surface area contributed by atoms with Crippen LogP contribution in [0.4, 0.5) is 10.1 Å². The highest BCUT2D eigenvalue weighted by molar-refractivity contribution is 6.03. The minimum atomic E-state index is -0.638. The molecule has 1 saturated heterocycles. The average Bonchev–Trinajstić information content (AvgIpc) is 3.97. The number of rotatable bonds is 16. The van der Waals surface area contributed by atoms with Crippen LogP contribution in [0.5, 0.6) is 5.75 Å². The lowest BCUT2D eigenvalue weighted by Gasteiger charge is -2.27. The van der Waals surface area contributed by atoms with E-state index in [-0.39, 0.29) is 23.6 Å². The Hall–Kier alpha value is -5.40. The van der Waals surface area contributed by atoms with Crippen molar-refractivity contribution < 1.29 is 28.6 Å². The van der Waals surface area contributed by atoms with Crippen LogP contribution in [0.2, 0.25) is 0 Å². The van der Waals surface area contributed by atoms with E-state index in [2.05, 4.69) is 25.8 Å². The highest BCUT2D eigenvalue weighted by Gasteiger charge is 2.40. The highest BCUT2D eigenvalue weighted by atomic mass is 19.1. The number of halogens is 1. The summed E-state index contributed by atoms with van der Waals surface area (Å²) in [4.78, 5) is 48.8. The molecule has 7 rings (SSSR count). The van der Waals surface area contributed by atoms with E-state index in [9.17, 15) is 19.5 Å². The van der Waals surface area contributed by atoms with Crippen molar-refractivity contribution in [1.82, 2.24) is 30.1 Å². The predicted molar refractivity (Wildman–Crippen MR) is 227 cm³/mol. The van der Waals surface area contributed by atoms with Crippen molar-refractivity contribution in [2.24, 2.45) is 12.5 Å². The number of carboxylic acids is 1. The van der Waals surface area contributed by atoms with Gasteiger partial charge in [0.15, 0.2) is 5.82 Å². The number of imidazole rings is 1. The number of pyridine rings is 1. The summed E-state index contributed by atoms with van der Waals surface area (Å²) in [5.74, 6) is -0.470. The van der Waals surface area contributed by atoms with Crippen molar-refractivity contribution in [3.05, 3.63) is 93.8 Å². The fraction of sp³-hybridized carbons (Fsp3) is 0.457. The van der Waals surface area contributed by atoms with Gasteiger partial charge < -0.3 is 30.4 Å². The number of hydrogen-bond donors (Lipinski definition) is 4. The number of benzene rings is 2. The Kier molecular flexibility index (Phi) is 12.9. The van der Waals surface area contributed by atoms with Gasteiger partial charge in [0.05, 0.1) is 18.2 Å². The van der Waals surface area contributed by atoms with Gasteiger partial charge in [-0.15, -0.1) is 0 Å². The van der Waals surface area contributed by atoms with E-state index in [1.54, 1.807) is 19.4 Å². The number of nitrogens with zero attached hydrogens (tertiary/aromatic N) is 4. The molecule has 2 aromatic heterocycles. The third-order valence-electron chi connectivity index (χ3n) is 12.7. The first-order valence-corrected chi connectivity index (χ1v) is 20.9. The maximum Gasteiger partial charge on any atom is 0.309 e. The fourth-order valence-electron chi connectivity index (χ4n) is 9.08. The molecule has 4 aromatic rings. The molecule has 1 atom stereocenters. The van der Waals surface area contributed by atoms with Crippen LogP contribution in [-0.4, -0.2) is 75.1 Å². The number of fused-ring (bicyclic) bond motifs is 1. The summed E-state index contributed by atoms with van der Waals surface area (Å²) in [6.45, 7) is 7.43. The lowest BCUT2D eigenvalue weighted by atomic mass is 9.81. The summed E-state index contributed by atoms with van der Waals surface area (Å²) in [7, 11) is 3.44. The molecule has 0 radical (unpaired) electrons. The molecule has 2 aromatic carbocycles. The molecule has 2 amide bonds. The zero-order valence-electron chi connectivity index (χ0n) is 34.6. The zero-order chi connectivity index (χ0) is 41.7. The first kappa shape index (κ1) is 41.7. The molecule has 4 heterocycles. The van der Waals surface area contributed by atoms with E-state index in [0.717, 1.165) is 110 Å². The molecule has 59 heavy (non-hydrogen) atoms. The van der Waals surface area contributed by atoms with Crippen LogP contribution in [0.3, 0.4) is 0 Å². The number of aliphatic carboxylic acids is 1. The molecule has 13 heteroatoms. The number of carboxylic acid groups (broad SMARTS) is 1. The molecule has 4 N–H and O–H groups in total. The van der Waals surface area contributed by atoms with Crippen LogP contribution >= 0.6 is 0 Å². The lowest BCUT2D eigenvalue weighted by Crippen LogP contribution is -2.35. The summed E-state index contributed by atoms with van der Waals surface area (Å²) in [6, 6.07) is 13.2. The fourth-order valence-corrected chi connectivity index (χ4v) is 9.08. The Balaban J connectivity index is 0.996. The molecule has 2 aliphatic heterocycles. The van der Waals surface area contributed by atoms with E-state index >= 15 is 4.39 Å². The number of aromatic nitrogens is 3. The van der Waals surface area contributed by atoms with Gasteiger partial charge in [0.2, 0.25) is 5.91 Å². The third kappa shape index (κ3) is 9.26. The van der Waals surface area contributed by atoms with Crippen molar-refractivity contribution >= 4 is 35.4 Å². The van der Waals surface area contributed by atoms with Gasteiger partial charge in [0.25, 0.3) is 5.91 Å². The number of nitrogens with one attached hydrogen (secondary N) is 3. The van der Waals surface area contributed by atoms with E-state index < -0.39 is 17.2 Å². The monoisotopic (exact) mass is 805 g/mol. The van der Waals surface area contributed by atoms with Gasteiger partial charge in [0, 0.05) is 81.3 Å². The van der Waals surface area contributed by atoms with Crippen LogP contribution in [0.1, 0.15) is 108 Å². The number of amides is 2. The Morgan fingerprint density at radius 2 is 1.85 bits per heavy atom. The van der Waals surface area contributed by atoms with E-state index in [4.69, 9.17) is 9.72 Å². The van der Waals surface area contributed by atoms with Gasteiger partial charge in [-0.3, -0.25) is 24.3 Å². The lowest BCUT2D eigenvalue weighted by molar-refractivity contribution is -0.149. The normalized spacial score (nSPS) is 17.8. The molecule has 1 saturated carbocycles. The molecule has 3 aliphatic rings. The van der Waals surface area contributed by atoms with Gasteiger partial charge in [-0.1, -0.05) is 49.6 Å². The molecule has 0 spiro atoms. The average molecular weight is 806 g/mol. The zero-order valence-corrected chi connectivity index (χ0v) is 34.6. The van der Waals surface area contributed by atoms with Gasteiger partial charge >= 0.3 is 5.97 Å². The molecule has 12 nitrogen and oxygen atoms in total. The summed E-state index contributed by atoms with van der Waals surface area (Å²) < 4.78 is 23.3. The minimum absolute atomic E-state index is 0.0702. The second kappa shape index (κ2) is 18.3. The number of carbonyl (C=O) groups excluding carboxylic acids is 2. The van der Waals surface area contributed by atoms with Gasteiger partial charge in [-0.2, -0.15) is 0 Å². The first-order chi connectivity index (χ1) is 28.5. The van der Waals surface area contributed by atoms with Crippen LogP contribution in [-0.2, 0) is 36.1 Å². The summed E-state index contributed by atoms with van der Waals surface area (Å²) >= 11 is 0. The Bertz CT molecular complexity index is 2240. The number of carbonyl (C=O) groups is 3. The van der Waals surface area contributed by atoms with Crippen LogP contribution in [0.25, 0.3) is 23.0 Å². The van der Waals surface area contributed by atoms with Crippen LogP contribution < -0.4 is 20.7 Å². The number of anilines is 1. The predicted octanol–water partition coefficient (Wildman–Crippen LogP) is 7.37. The molecule has 1 aliphatic carbocycles. The summed E-state index contributed by atoms with van der Waals surface area (Å²) in [5.41, 5.74) is 7.35. The van der Waals surface area contributed by atoms with Crippen molar-refractivity contribution in [2.45, 2.75) is 97.2 Å². The molecule has 312 valence electrons. The maximum atomic E-state index is 15.8. The minimum Gasteiger partial charge on any atom is -0.496 e. The SMILES string of the molecule is COc1cc(/C(F)=C/c2cccc(-c3cccc(NC(=O)c4nc5c(n4C)CCN(CCCCC4(C(=O)O)CCCC4)C5)c3C)c2C)ncc1CNC[C@@H]1CCC(=O)N1. The van der Waals surface area contributed by atoms with Gasteiger partial charge in [0.1, 0.15) is 17.3 Å². The summed E-state index contributed by atoms with van der Waals surface area (Å²) in [6.07, 6.45) is 11.4. The van der Waals surface area contributed by atoms with E-state index in [0.29, 0.717) is 48.9 Å². The number of hydrogen-bond acceptors (Lipinski definition) is 8. The molecule has 2 fully saturated rings.